The van der Waals surface area contributed by atoms with Crippen LogP contribution >= 0.6 is 0 Å². The normalized spacial score (nSPS) is 19.5. The summed E-state index contributed by atoms with van der Waals surface area (Å²) in [5.41, 5.74) is 2.07. The van der Waals surface area contributed by atoms with Crippen LogP contribution in [0.4, 0.5) is 0 Å². The molecular formula is C22H39N5O. The van der Waals surface area contributed by atoms with Crippen molar-refractivity contribution < 1.29 is 4.74 Å². The number of benzene rings is 1. The van der Waals surface area contributed by atoms with E-state index < -0.39 is 0 Å². The standard InChI is InChI=1S/C22H39N5O/c1-8-23-21(25-15-19-16-26(6)11-12-27(19)7)24-14-18-10-9-17(2)13-20(18)28-22(3,4)5/h9-10,13,19H,8,11-12,14-16H2,1-7H3,(H2,23,24,25). The molecule has 0 saturated carbocycles. The Morgan fingerprint density at radius 1 is 1.21 bits per heavy atom. The molecule has 1 aromatic rings. The topological polar surface area (TPSA) is 52.1 Å². The number of piperazine rings is 1. The first kappa shape index (κ1) is 22.5. The summed E-state index contributed by atoms with van der Waals surface area (Å²) in [5.74, 6) is 1.77. The van der Waals surface area contributed by atoms with Gasteiger partial charge in [0, 0.05) is 44.3 Å². The molecule has 0 spiro atoms. The van der Waals surface area contributed by atoms with Crippen molar-refractivity contribution in [2.75, 3.05) is 46.8 Å². The molecule has 0 aliphatic carbocycles. The summed E-state index contributed by atoms with van der Waals surface area (Å²) in [5, 5.41) is 6.88. The van der Waals surface area contributed by atoms with Crippen molar-refractivity contribution in [3.63, 3.8) is 0 Å². The molecule has 2 N–H and O–H groups in total. The van der Waals surface area contributed by atoms with Gasteiger partial charge in [0.2, 0.25) is 0 Å². The average Bonchev–Trinajstić information content (AvgIpc) is 2.60. The van der Waals surface area contributed by atoms with Crippen molar-refractivity contribution in [2.24, 2.45) is 4.99 Å². The van der Waals surface area contributed by atoms with Gasteiger partial charge < -0.3 is 20.3 Å². The van der Waals surface area contributed by atoms with E-state index in [1.807, 2.05) is 0 Å². The van der Waals surface area contributed by atoms with E-state index in [0.29, 0.717) is 12.6 Å². The summed E-state index contributed by atoms with van der Waals surface area (Å²) in [7, 11) is 4.39. The van der Waals surface area contributed by atoms with Crippen molar-refractivity contribution in [2.45, 2.75) is 52.8 Å². The van der Waals surface area contributed by atoms with Gasteiger partial charge in [-0.15, -0.1) is 0 Å². The maximum Gasteiger partial charge on any atom is 0.191 e. The van der Waals surface area contributed by atoms with E-state index >= 15 is 0 Å². The Labute approximate surface area is 171 Å². The first-order valence-electron chi connectivity index (χ1n) is 10.4. The Kier molecular flexibility index (Phi) is 8.13. The van der Waals surface area contributed by atoms with Crippen LogP contribution in [0.1, 0.15) is 38.8 Å². The maximum atomic E-state index is 6.16. The number of guanidine groups is 1. The molecule has 1 aromatic carbocycles. The molecule has 0 aromatic heterocycles. The zero-order chi connectivity index (χ0) is 20.7. The molecule has 0 bridgehead atoms. The van der Waals surface area contributed by atoms with E-state index in [0.717, 1.165) is 50.0 Å². The summed E-state index contributed by atoms with van der Waals surface area (Å²) in [6.07, 6.45) is 0. The molecule has 0 amide bonds. The lowest BCUT2D eigenvalue weighted by Gasteiger charge is -2.37. The Hall–Kier alpha value is -1.79. The SMILES string of the molecule is CCNC(=NCc1ccc(C)cc1OC(C)(C)C)NCC1CN(C)CCN1C. The molecule has 1 fully saturated rings. The molecule has 1 atom stereocenters. The van der Waals surface area contributed by atoms with Gasteiger partial charge in [-0.05, 0) is 60.3 Å². The minimum absolute atomic E-state index is 0.230. The molecule has 1 aliphatic rings. The number of hydrogen-bond acceptors (Lipinski definition) is 4. The van der Waals surface area contributed by atoms with Gasteiger partial charge in [0.05, 0.1) is 6.54 Å². The molecule has 158 valence electrons. The fraction of sp³-hybridized carbons (Fsp3) is 0.682. The Bertz CT molecular complexity index is 653. The largest absolute Gasteiger partial charge is 0.488 e. The molecule has 28 heavy (non-hydrogen) atoms. The van der Waals surface area contributed by atoms with Crippen LogP contribution in [0.15, 0.2) is 23.2 Å². The van der Waals surface area contributed by atoms with E-state index in [1.54, 1.807) is 0 Å². The second kappa shape index (κ2) is 10.1. The zero-order valence-electron chi connectivity index (χ0n) is 18.8. The number of hydrogen-bond donors (Lipinski definition) is 2. The summed E-state index contributed by atoms with van der Waals surface area (Å²) in [4.78, 5) is 9.62. The molecule has 1 saturated heterocycles. The lowest BCUT2D eigenvalue weighted by atomic mass is 10.1. The molecule has 6 nitrogen and oxygen atoms in total. The van der Waals surface area contributed by atoms with Crippen LogP contribution < -0.4 is 15.4 Å². The second-order valence-electron chi connectivity index (χ2n) is 8.80. The Morgan fingerprint density at radius 2 is 1.96 bits per heavy atom. The number of aliphatic imine (C=N–C) groups is 1. The fourth-order valence-electron chi connectivity index (χ4n) is 3.26. The van der Waals surface area contributed by atoms with Gasteiger partial charge in [-0.1, -0.05) is 12.1 Å². The van der Waals surface area contributed by atoms with Crippen LogP contribution in [0.3, 0.4) is 0 Å². The zero-order valence-corrected chi connectivity index (χ0v) is 18.8. The fourth-order valence-corrected chi connectivity index (χ4v) is 3.26. The van der Waals surface area contributed by atoms with Crippen LogP contribution in [0.2, 0.25) is 0 Å². The minimum Gasteiger partial charge on any atom is -0.488 e. The van der Waals surface area contributed by atoms with Gasteiger partial charge in [-0.25, -0.2) is 4.99 Å². The summed E-state index contributed by atoms with van der Waals surface area (Å²) in [6, 6.07) is 6.83. The Morgan fingerprint density at radius 3 is 2.64 bits per heavy atom. The monoisotopic (exact) mass is 389 g/mol. The van der Waals surface area contributed by atoms with Crippen molar-refractivity contribution in [3.8, 4) is 5.75 Å². The lowest BCUT2D eigenvalue weighted by molar-refractivity contribution is 0.116. The van der Waals surface area contributed by atoms with Gasteiger partial charge in [-0.3, -0.25) is 4.90 Å². The predicted molar refractivity (Wildman–Crippen MR) is 118 cm³/mol. The van der Waals surface area contributed by atoms with Crippen LogP contribution in [-0.2, 0) is 6.54 Å². The van der Waals surface area contributed by atoms with Gasteiger partial charge in [0.25, 0.3) is 0 Å². The second-order valence-corrected chi connectivity index (χ2v) is 8.80. The van der Waals surface area contributed by atoms with E-state index in [2.05, 4.69) is 87.3 Å². The third-order valence-corrected chi connectivity index (χ3v) is 4.88. The van der Waals surface area contributed by atoms with Crippen LogP contribution in [0.5, 0.6) is 5.75 Å². The van der Waals surface area contributed by atoms with Crippen molar-refractivity contribution in [1.82, 2.24) is 20.4 Å². The van der Waals surface area contributed by atoms with Gasteiger partial charge in [0.1, 0.15) is 11.4 Å². The quantitative estimate of drug-likeness (QED) is 0.578. The van der Waals surface area contributed by atoms with Crippen LogP contribution in [0.25, 0.3) is 0 Å². The number of likely N-dealkylation sites (N-methyl/N-ethyl adjacent to an activating group) is 2. The van der Waals surface area contributed by atoms with Crippen LogP contribution in [-0.4, -0.2) is 74.2 Å². The van der Waals surface area contributed by atoms with Gasteiger partial charge in [0.15, 0.2) is 5.96 Å². The molecular weight excluding hydrogens is 350 g/mol. The summed E-state index contributed by atoms with van der Waals surface area (Å²) >= 11 is 0. The number of nitrogens with zero attached hydrogens (tertiary/aromatic N) is 3. The first-order chi connectivity index (χ1) is 13.2. The summed E-state index contributed by atoms with van der Waals surface area (Å²) in [6.45, 7) is 16.0. The third kappa shape index (κ3) is 7.32. The number of ether oxygens (including phenoxy) is 1. The highest BCUT2D eigenvalue weighted by Gasteiger charge is 2.22. The molecule has 2 rings (SSSR count). The highest BCUT2D eigenvalue weighted by molar-refractivity contribution is 5.79. The molecule has 1 heterocycles. The van der Waals surface area contributed by atoms with Gasteiger partial charge in [-0.2, -0.15) is 0 Å². The average molecular weight is 390 g/mol. The van der Waals surface area contributed by atoms with E-state index in [9.17, 15) is 0 Å². The highest BCUT2D eigenvalue weighted by Crippen LogP contribution is 2.25. The molecule has 6 heteroatoms. The molecule has 1 unspecified atom stereocenters. The number of rotatable bonds is 6. The van der Waals surface area contributed by atoms with Crippen molar-refractivity contribution in [1.29, 1.82) is 0 Å². The first-order valence-corrected chi connectivity index (χ1v) is 10.4. The van der Waals surface area contributed by atoms with E-state index in [1.165, 1.54) is 5.56 Å². The lowest BCUT2D eigenvalue weighted by Crippen LogP contribution is -2.55. The van der Waals surface area contributed by atoms with Gasteiger partial charge >= 0.3 is 0 Å². The van der Waals surface area contributed by atoms with Crippen molar-refractivity contribution >= 4 is 5.96 Å². The molecule has 0 radical (unpaired) electrons. The Balaban J connectivity index is 2.06. The third-order valence-electron chi connectivity index (χ3n) is 4.88. The van der Waals surface area contributed by atoms with E-state index in [4.69, 9.17) is 9.73 Å². The predicted octanol–water partition coefficient (Wildman–Crippen LogP) is 2.47. The van der Waals surface area contributed by atoms with Crippen LogP contribution in [0, 0.1) is 6.92 Å². The number of nitrogens with one attached hydrogen (secondary N) is 2. The summed E-state index contributed by atoms with van der Waals surface area (Å²) < 4.78 is 6.16. The maximum absolute atomic E-state index is 6.16. The van der Waals surface area contributed by atoms with E-state index in [-0.39, 0.29) is 5.60 Å². The smallest absolute Gasteiger partial charge is 0.191 e. The minimum atomic E-state index is -0.230. The number of aryl methyl sites for hydroxylation is 1. The molecule has 1 aliphatic heterocycles. The van der Waals surface area contributed by atoms with Crippen molar-refractivity contribution in [3.05, 3.63) is 29.3 Å². The highest BCUT2D eigenvalue weighted by atomic mass is 16.5.